The molecule has 1 N–H and O–H groups in total. The number of amides is 2. The van der Waals surface area contributed by atoms with Crippen LogP contribution in [0.3, 0.4) is 0 Å². The molecule has 0 radical (unpaired) electrons. The second kappa shape index (κ2) is 7.25. The van der Waals surface area contributed by atoms with Gasteiger partial charge in [-0.15, -0.1) is 0 Å². The van der Waals surface area contributed by atoms with Crippen LogP contribution in [0, 0.1) is 0 Å². The van der Waals surface area contributed by atoms with E-state index in [9.17, 15) is 9.59 Å². The van der Waals surface area contributed by atoms with Crippen LogP contribution in [0.25, 0.3) is 0 Å². The first kappa shape index (κ1) is 17.2. The SMILES string of the molecule is CCC(=O)N(Cc1ccccc1)C(C)C(=O)NC(C)(C)C. The van der Waals surface area contributed by atoms with Crippen LogP contribution in [0.4, 0.5) is 0 Å². The number of nitrogens with zero attached hydrogens (tertiary/aromatic N) is 1. The molecule has 4 heteroatoms. The highest BCUT2D eigenvalue weighted by molar-refractivity contribution is 5.87. The zero-order valence-corrected chi connectivity index (χ0v) is 13.6. The van der Waals surface area contributed by atoms with Crippen molar-refractivity contribution < 1.29 is 9.59 Å². The lowest BCUT2D eigenvalue weighted by Crippen LogP contribution is -2.52. The molecule has 0 aromatic heterocycles. The summed E-state index contributed by atoms with van der Waals surface area (Å²) in [5.74, 6) is -0.143. The molecule has 0 bridgehead atoms. The van der Waals surface area contributed by atoms with Gasteiger partial charge in [-0.05, 0) is 33.3 Å². The summed E-state index contributed by atoms with van der Waals surface area (Å²) in [6.07, 6.45) is 0.389. The third-order valence-corrected chi connectivity index (χ3v) is 3.16. The molecule has 0 fully saturated rings. The number of nitrogens with one attached hydrogen (secondary N) is 1. The quantitative estimate of drug-likeness (QED) is 0.906. The number of benzene rings is 1. The lowest BCUT2D eigenvalue weighted by Gasteiger charge is -2.31. The molecule has 1 unspecified atom stereocenters. The molecule has 0 saturated carbocycles. The Balaban J connectivity index is 2.87. The molecule has 1 aromatic carbocycles. The molecule has 116 valence electrons. The average molecular weight is 290 g/mol. The van der Waals surface area contributed by atoms with E-state index in [1.807, 2.05) is 58.0 Å². The standard InChI is InChI=1S/C17H26N2O2/c1-6-15(20)19(12-14-10-8-7-9-11-14)13(2)16(21)18-17(3,4)5/h7-11,13H,6,12H2,1-5H3,(H,18,21). The largest absolute Gasteiger partial charge is 0.350 e. The van der Waals surface area contributed by atoms with Gasteiger partial charge in [0.1, 0.15) is 6.04 Å². The van der Waals surface area contributed by atoms with Crippen molar-refractivity contribution in [2.75, 3.05) is 0 Å². The van der Waals surface area contributed by atoms with Crippen LogP contribution < -0.4 is 5.32 Å². The normalized spacial score (nSPS) is 12.6. The van der Waals surface area contributed by atoms with E-state index in [1.165, 1.54) is 0 Å². The molecule has 0 aliphatic rings. The molecule has 0 saturated heterocycles. The third kappa shape index (κ3) is 5.58. The first-order valence-electron chi connectivity index (χ1n) is 7.40. The summed E-state index contributed by atoms with van der Waals surface area (Å²) in [6, 6.07) is 9.24. The second-order valence-electron chi connectivity index (χ2n) is 6.28. The Morgan fingerprint density at radius 1 is 1.19 bits per heavy atom. The first-order chi connectivity index (χ1) is 9.74. The number of hydrogen-bond donors (Lipinski definition) is 1. The van der Waals surface area contributed by atoms with Gasteiger partial charge in [-0.1, -0.05) is 37.3 Å². The van der Waals surface area contributed by atoms with E-state index in [2.05, 4.69) is 5.32 Å². The summed E-state index contributed by atoms with van der Waals surface area (Å²) in [6.45, 7) is 9.83. The molecule has 0 aliphatic heterocycles. The van der Waals surface area contributed by atoms with Crippen LogP contribution in [0.1, 0.15) is 46.6 Å². The molecular weight excluding hydrogens is 264 g/mol. The minimum Gasteiger partial charge on any atom is -0.350 e. The summed E-state index contributed by atoms with van der Waals surface area (Å²) < 4.78 is 0. The van der Waals surface area contributed by atoms with Crippen molar-refractivity contribution in [3.63, 3.8) is 0 Å². The maximum atomic E-state index is 12.3. The summed E-state index contributed by atoms with van der Waals surface area (Å²) >= 11 is 0. The van der Waals surface area contributed by atoms with Gasteiger partial charge in [0.05, 0.1) is 0 Å². The van der Waals surface area contributed by atoms with Crippen molar-refractivity contribution >= 4 is 11.8 Å². The van der Waals surface area contributed by atoms with Gasteiger partial charge in [0, 0.05) is 18.5 Å². The molecule has 21 heavy (non-hydrogen) atoms. The second-order valence-corrected chi connectivity index (χ2v) is 6.28. The highest BCUT2D eigenvalue weighted by atomic mass is 16.2. The molecule has 2 amide bonds. The van der Waals surface area contributed by atoms with Gasteiger partial charge in [-0.2, -0.15) is 0 Å². The van der Waals surface area contributed by atoms with Crippen molar-refractivity contribution in [3.05, 3.63) is 35.9 Å². The van der Waals surface area contributed by atoms with E-state index >= 15 is 0 Å². The van der Waals surface area contributed by atoms with Crippen molar-refractivity contribution in [3.8, 4) is 0 Å². The fourth-order valence-electron chi connectivity index (χ4n) is 2.04. The summed E-state index contributed by atoms with van der Waals surface area (Å²) in [4.78, 5) is 26.1. The van der Waals surface area contributed by atoms with E-state index in [0.717, 1.165) is 5.56 Å². The summed E-state index contributed by atoms with van der Waals surface area (Å²) in [7, 11) is 0. The Labute approximate surface area is 127 Å². The van der Waals surface area contributed by atoms with Gasteiger partial charge in [0.15, 0.2) is 0 Å². The van der Waals surface area contributed by atoms with E-state index in [0.29, 0.717) is 13.0 Å². The predicted molar refractivity (Wildman–Crippen MR) is 84.6 cm³/mol. The van der Waals surface area contributed by atoms with Crippen molar-refractivity contribution in [2.45, 2.75) is 59.2 Å². The van der Waals surface area contributed by atoms with Crippen molar-refractivity contribution in [2.24, 2.45) is 0 Å². The van der Waals surface area contributed by atoms with Crippen LogP contribution in [0.5, 0.6) is 0 Å². The smallest absolute Gasteiger partial charge is 0.242 e. The highest BCUT2D eigenvalue weighted by Gasteiger charge is 2.27. The highest BCUT2D eigenvalue weighted by Crippen LogP contribution is 2.11. The maximum absolute atomic E-state index is 12.3. The van der Waals surface area contributed by atoms with Gasteiger partial charge in [0.25, 0.3) is 0 Å². The minimum atomic E-state index is -0.489. The number of hydrogen-bond acceptors (Lipinski definition) is 2. The van der Waals surface area contributed by atoms with Crippen LogP contribution >= 0.6 is 0 Å². The number of carbonyl (C=O) groups is 2. The van der Waals surface area contributed by atoms with Crippen molar-refractivity contribution in [1.82, 2.24) is 10.2 Å². The first-order valence-corrected chi connectivity index (χ1v) is 7.40. The van der Waals surface area contributed by atoms with Gasteiger partial charge < -0.3 is 10.2 Å². The third-order valence-electron chi connectivity index (χ3n) is 3.16. The summed E-state index contributed by atoms with van der Waals surface area (Å²) in [5.41, 5.74) is 0.716. The molecule has 0 aliphatic carbocycles. The predicted octanol–water partition coefficient (Wildman–Crippen LogP) is 2.73. The maximum Gasteiger partial charge on any atom is 0.242 e. The van der Waals surface area contributed by atoms with E-state index in [4.69, 9.17) is 0 Å². The fraction of sp³-hybridized carbons (Fsp3) is 0.529. The monoisotopic (exact) mass is 290 g/mol. The van der Waals surface area contributed by atoms with E-state index < -0.39 is 6.04 Å². The minimum absolute atomic E-state index is 0.0181. The zero-order chi connectivity index (χ0) is 16.0. The van der Waals surface area contributed by atoms with Gasteiger partial charge in [-0.25, -0.2) is 0 Å². The molecule has 1 rings (SSSR count). The molecule has 1 atom stereocenters. The van der Waals surface area contributed by atoms with Gasteiger partial charge >= 0.3 is 0 Å². The van der Waals surface area contributed by atoms with Gasteiger partial charge in [-0.3, -0.25) is 9.59 Å². The lowest BCUT2D eigenvalue weighted by atomic mass is 10.1. The topological polar surface area (TPSA) is 49.4 Å². The molecule has 0 heterocycles. The van der Waals surface area contributed by atoms with Crippen LogP contribution in [0.15, 0.2) is 30.3 Å². The average Bonchev–Trinajstić information content (AvgIpc) is 2.42. The van der Waals surface area contributed by atoms with Crippen LogP contribution in [-0.4, -0.2) is 28.3 Å². The molecule has 1 aromatic rings. The Hall–Kier alpha value is -1.84. The van der Waals surface area contributed by atoms with Crippen molar-refractivity contribution in [1.29, 1.82) is 0 Å². The van der Waals surface area contributed by atoms with Crippen LogP contribution in [-0.2, 0) is 16.1 Å². The van der Waals surface area contributed by atoms with Crippen LogP contribution in [0.2, 0.25) is 0 Å². The molecule has 4 nitrogen and oxygen atoms in total. The summed E-state index contributed by atoms with van der Waals surface area (Å²) in [5, 5.41) is 2.93. The Morgan fingerprint density at radius 3 is 2.24 bits per heavy atom. The Bertz CT molecular complexity index is 477. The number of carbonyl (C=O) groups excluding carboxylic acids is 2. The zero-order valence-electron chi connectivity index (χ0n) is 13.6. The Kier molecular flexibility index (Phi) is 5.94. The Morgan fingerprint density at radius 2 is 1.76 bits per heavy atom. The number of rotatable bonds is 5. The van der Waals surface area contributed by atoms with E-state index in [1.54, 1.807) is 11.8 Å². The molecule has 0 spiro atoms. The molecular formula is C17H26N2O2. The lowest BCUT2D eigenvalue weighted by molar-refractivity contribution is -0.141. The van der Waals surface area contributed by atoms with E-state index in [-0.39, 0.29) is 17.4 Å². The van der Waals surface area contributed by atoms with Gasteiger partial charge in [0.2, 0.25) is 11.8 Å². The fourth-order valence-corrected chi connectivity index (χ4v) is 2.04.